The van der Waals surface area contributed by atoms with Crippen molar-refractivity contribution < 1.29 is 9.47 Å². The number of anilines is 1. The van der Waals surface area contributed by atoms with Gasteiger partial charge in [0.05, 0.1) is 28.7 Å². The molecule has 0 spiro atoms. The van der Waals surface area contributed by atoms with Gasteiger partial charge in [-0.3, -0.25) is 0 Å². The SMILES string of the molecule is CCOc1cc(CNc2ccc3[nH]c(=O)[nH]c3c2)cc(Br)c1OCC. The van der Waals surface area contributed by atoms with Crippen LogP contribution in [0.4, 0.5) is 5.69 Å². The summed E-state index contributed by atoms with van der Waals surface area (Å²) in [6.07, 6.45) is 0. The highest BCUT2D eigenvalue weighted by Gasteiger charge is 2.12. The van der Waals surface area contributed by atoms with Crippen LogP contribution in [0.5, 0.6) is 11.5 Å². The van der Waals surface area contributed by atoms with E-state index in [4.69, 9.17) is 9.47 Å². The van der Waals surface area contributed by atoms with Crippen LogP contribution < -0.4 is 20.5 Å². The number of fused-ring (bicyclic) bond motifs is 1. The molecule has 0 saturated carbocycles. The summed E-state index contributed by atoms with van der Waals surface area (Å²) in [6, 6.07) is 9.69. The van der Waals surface area contributed by atoms with Gasteiger partial charge in [0.1, 0.15) is 0 Å². The lowest BCUT2D eigenvalue weighted by Gasteiger charge is -2.15. The van der Waals surface area contributed by atoms with Gasteiger partial charge < -0.3 is 24.8 Å². The first-order valence-corrected chi connectivity index (χ1v) is 8.94. The van der Waals surface area contributed by atoms with Crippen molar-refractivity contribution in [3.8, 4) is 11.5 Å². The predicted molar refractivity (Wildman–Crippen MR) is 103 cm³/mol. The van der Waals surface area contributed by atoms with Crippen molar-refractivity contribution in [1.29, 1.82) is 0 Å². The number of imidazole rings is 1. The molecule has 132 valence electrons. The van der Waals surface area contributed by atoms with Crippen LogP contribution in [0.25, 0.3) is 11.0 Å². The molecule has 1 aromatic heterocycles. The number of aromatic nitrogens is 2. The molecule has 0 aliphatic rings. The van der Waals surface area contributed by atoms with E-state index in [0.717, 1.165) is 38.3 Å². The van der Waals surface area contributed by atoms with Crippen molar-refractivity contribution in [2.45, 2.75) is 20.4 Å². The van der Waals surface area contributed by atoms with Gasteiger partial charge in [0.15, 0.2) is 11.5 Å². The molecule has 3 aromatic rings. The van der Waals surface area contributed by atoms with Gasteiger partial charge in [0.25, 0.3) is 0 Å². The molecule has 0 radical (unpaired) electrons. The third kappa shape index (κ3) is 3.99. The second kappa shape index (κ2) is 7.65. The molecule has 1 heterocycles. The van der Waals surface area contributed by atoms with Gasteiger partial charge in [-0.2, -0.15) is 0 Å². The van der Waals surface area contributed by atoms with Crippen molar-refractivity contribution in [3.63, 3.8) is 0 Å². The Bertz CT molecular complexity index is 933. The molecule has 2 aromatic carbocycles. The van der Waals surface area contributed by atoms with Crippen LogP contribution in [0, 0.1) is 0 Å². The highest BCUT2D eigenvalue weighted by molar-refractivity contribution is 9.10. The normalized spacial score (nSPS) is 10.8. The third-order valence-electron chi connectivity index (χ3n) is 3.67. The maximum absolute atomic E-state index is 11.3. The zero-order valence-electron chi connectivity index (χ0n) is 14.1. The maximum atomic E-state index is 11.3. The molecular weight excluding hydrogens is 386 g/mol. The molecule has 3 rings (SSSR count). The molecule has 6 nitrogen and oxygen atoms in total. The Hall–Kier alpha value is -2.41. The van der Waals surface area contributed by atoms with Gasteiger partial charge in [-0.1, -0.05) is 0 Å². The molecule has 0 unspecified atom stereocenters. The lowest BCUT2D eigenvalue weighted by Crippen LogP contribution is -2.03. The van der Waals surface area contributed by atoms with Gasteiger partial charge in [-0.25, -0.2) is 4.79 Å². The minimum absolute atomic E-state index is 0.205. The Morgan fingerprint density at radius 1 is 1.04 bits per heavy atom. The first-order chi connectivity index (χ1) is 12.1. The summed E-state index contributed by atoms with van der Waals surface area (Å²) in [5, 5.41) is 3.36. The Morgan fingerprint density at radius 3 is 2.56 bits per heavy atom. The van der Waals surface area contributed by atoms with E-state index in [-0.39, 0.29) is 5.69 Å². The van der Waals surface area contributed by atoms with Crippen LogP contribution in [-0.2, 0) is 6.54 Å². The zero-order valence-corrected chi connectivity index (χ0v) is 15.7. The summed E-state index contributed by atoms with van der Waals surface area (Å²) in [5.41, 5.74) is 3.34. The van der Waals surface area contributed by atoms with Crippen LogP contribution in [-0.4, -0.2) is 23.2 Å². The van der Waals surface area contributed by atoms with E-state index >= 15 is 0 Å². The quantitative estimate of drug-likeness (QED) is 0.554. The van der Waals surface area contributed by atoms with E-state index in [1.54, 1.807) is 0 Å². The predicted octanol–water partition coefficient (Wildman–Crippen LogP) is 4.03. The molecule has 0 amide bonds. The topological polar surface area (TPSA) is 79.1 Å². The third-order valence-corrected chi connectivity index (χ3v) is 4.26. The van der Waals surface area contributed by atoms with Gasteiger partial charge in [-0.15, -0.1) is 0 Å². The van der Waals surface area contributed by atoms with Gasteiger partial charge in [0, 0.05) is 12.2 Å². The summed E-state index contributed by atoms with van der Waals surface area (Å²) < 4.78 is 12.2. The molecule has 0 aliphatic carbocycles. The molecule has 0 aliphatic heterocycles. The molecule has 0 fully saturated rings. The second-order valence-corrected chi connectivity index (χ2v) is 6.32. The first-order valence-electron chi connectivity index (χ1n) is 8.14. The number of aromatic amines is 2. The molecule has 25 heavy (non-hydrogen) atoms. The maximum Gasteiger partial charge on any atom is 0.323 e. The fraction of sp³-hybridized carbons (Fsp3) is 0.278. The Balaban J connectivity index is 1.80. The van der Waals surface area contributed by atoms with Gasteiger partial charge in [-0.05, 0) is 65.7 Å². The van der Waals surface area contributed by atoms with Crippen molar-refractivity contribution in [2.75, 3.05) is 18.5 Å². The van der Waals surface area contributed by atoms with Crippen LogP contribution in [0.1, 0.15) is 19.4 Å². The standard InChI is InChI=1S/C18H20BrN3O3/c1-3-24-16-8-11(7-13(19)17(16)25-4-2)10-20-12-5-6-14-15(9-12)22-18(23)21-14/h5-9,20H,3-4,10H2,1-2H3,(H2,21,22,23). The number of ether oxygens (including phenoxy) is 2. The van der Waals surface area contributed by atoms with Crippen LogP contribution in [0.15, 0.2) is 39.6 Å². The number of hydrogen-bond donors (Lipinski definition) is 3. The number of hydrogen-bond acceptors (Lipinski definition) is 4. The molecule has 0 atom stereocenters. The smallest absolute Gasteiger partial charge is 0.323 e. The number of benzene rings is 2. The Kier molecular flexibility index (Phi) is 5.33. The first kappa shape index (κ1) is 17.4. The van der Waals surface area contributed by atoms with Crippen molar-refractivity contribution in [2.24, 2.45) is 0 Å². The molecule has 0 saturated heterocycles. The van der Waals surface area contributed by atoms with Crippen LogP contribution in [0.2, 0.25) is 0 Å². The minimum Gasteiger partial charge on any atom is -0.490 e. The fourth-order valence-electron chi connectivity index (χ4n) is 2.62. The van der Waals surface area contributed by atoms with E-state index in [1.165, 1.54) is 0 Å². The fourth-order valence-corrected chi connectivity index (χ4v) is 3.22. The number of halogens is 1. The lowest BCUT2D eigenvalue weighted by molar-refractivity contribution is 0.286. The summed E-state index contributed by atoms with van der Waals surface area (Å²) in [5.74, 6) is 1.44. The summed E-state index contributed by atoms with van der Waals surface area (Å²) in [7, 11) is 0. The highest BCUT2D eigenvalue weighted by Crippen LogP contribution is 2.37. The van der Waals surface area contributed by atoms with Gasteiger partial charge >= 0.3 is 5.69 Å². The van der Waals surface area contributed by atoms with E-state index in [2.05, 4.69) is 31.2 Å². The van der Waals surface area contributed by atoms with Crippen molar-refractivity contribution in [1.82, 2.24) is 9.97 Å². The second-order valence-electron chi connectivity index (χ2n) is 5.46. The molecule has 0 bridgehead atoms. The summed E-state index contributed by atoms with van der Waals surface area (Å²) in [6.45, 7) is 5.65. The van der Waals surface area contributed by atoms with Gasteiger partial charge in [0.2, 0.25) is 0 Å². The lowest BCUT2D eigenvalue weighted by atomic mass is 10.2. The van der Waals surface area contributed by atoms with Crippen LogP contribution >= 0.6 is 15.9 Å². The average molecular weight is 406 g/mol. The average Bonchev–Trinajstić information content (AvgIpc) is 2.95. The molecule has 7 heteroatoms. The Labute approximate surface area is 153 Å². The summed E-state index contributed by atoms with van der Waals surface area (Å²) in [4.78, 5) is 16.8. The van der Waals surface area contributed by atoms with E-state index < -0.39 is 0 Å². The minimum atomic E-state index is -0.205. The van der Waals surface area contributed by atoms with Crippen molar-refractivity contribution >= 4 is 32.7 Å². The molecular formula is C18H20BrN3O3. The molecule has 3 N–H and O–H groups in total. The highest BCUT2D eigenvalue weighted by atomic mass is 79.9. The van der Waals surface area contributed by atoms with E-state index in [1.807, 2.05) is 44.2 Å². The summed E-state index contributed by atoms with van der Waals surface area (Å²) >= 11 is 3.55. The number of nitrogens with one attached hydrogen (secondary N) is 3. The monoisotopic (exact) mass is 405 g/mol. The van der Waals surface area contributed by atoms with E-state index in [0.29, 0.717) is 19.8 Å². The number of H-pyrrole nitrogens is 2. The zero-order chi connectivity index (χ0) is 17.8. The van der Waals surface area contributed by atoms with Crippen LogP contribution in [0.3, 0.4) is 0 Å². The number of rotatable bonds is 7. The van der Waals surface area contributed by atoms with Crippen molar-refractivity contribution in [3.05, 3.63) is 50.9 Å². The largest absolute Gasteiger partial charge is 0.490 e. The van der Waals surface area contributed by atoms with E-state index in [9.17, 15) is 4.79 Å². The Morgan fingerprint density at radius 2 is 1.80 bits per heavy atom.